The molecule has 1 fully saturated rings. The quantitative estimate of drug-likeness (QED) is 0.930. The zero-order chi connectivity index (χ0) is 13.9. The molecule has 2 nitrogen and oxygen atoms in total. The minimum Gasteiger partial charge on any atom is -0.314 e. The molecule has 1 aromatic heterocycles. The lowest BCUT2D eigenvalue weighted by Gasteiger charge is -2.34. The molecule has 2 aromatic rings. The summed E-state index contributed by atoms with van der Waals surface area (Å²) in [6.07, 6.45) is 0. The van der Waals surface area contributed by atoms with E-state index in [4.69, 9.17) is 11.6 Å². The fourth-order valence-corrected chi connectivity index (χ4v) is 4.01. The van der Waals surface area contributed by atoms with E-state index >= 15 is 0 Å². The smallest absolute Gasteiger partial charge is 0.0697 e. The predicted octanol–water partition coefficient (Wildman–Crippen LogP) is 3.70. The molecule has 1 aliphatic rings. The van der Waals surface area contributed by atoms with Crippen LogP contribution in [-0.4, -0.2) is 31.1 Å². The van der Waals surface area contributed by atoms with Gasteiger partial charge in [-0.25, -0.2) is 0 Å². The number of aryl methyl sites for hydroxylation is 1. The van der Waals surface area contributed by atoms with Crippen LogP contribution in [-0.2, 0) is 0 Å². The maximum atomic E-state index is 6.19. The zero-order valence-corrected chi connectivity index (χ0v) is 13.2. The first kappa shape index (κ1) is 14.1. The SMILES string of the molecule is Cc1ccc(C(c2cccc(Cl)c2)N2CCNCC2)s1. The number of rotatable bonds is 3. The van der Waals surface area contributed by atoms with E-state index < -0.39 is 0 Å². The van der Waals surface area contributed by atoms with Gasteiger partial charge in [0.2, 0.25) is 0 Å². The molecule has 1 unspecified atom stereocenters. The summed E-state index contributed by atoms with van der Waals surface area (Å²) < 4.78 is 0. The Kier molecular flexibility index (Phi) is 4.41. The Bertz CT molecular complexity index is 575. The molecule has 0 aliphatic carbocycles. The Hall–Kier alpha value is -0.870. The average molecular weight is 307 g/mol. The van der Waals surface area contributed by atoms with Crippen LogP contribution in [0.5, 0.6) is 0 Å². The number of nitrogens with one attached hydrogen (secondary N) is 1. The van der Waals surface area contributed by atoms with Crippen LogP contribution in [0.25, 0.3) is 0 Å². The zero-order valence-electron chi connectivity index (χ0n) is 11.6. The van der Waals surface area contributed by atoms with E-state index in [9.17, 15) is 0 Å². The number of hydrogen-bond acceptors (Lipinski definition) is 3. The van der Waals surface area contributed by atoms with Crippen LogP contribution in [0.4, 0.5) is 0 Å². The molecule has 3 rings (SSSR count). The van der Waals surface area contributed by atoms with Crippen molar-refractivity contribution in [3.05, 3.63) is 56.7 Å². The summed E-state index contributed by atoms with van der Waals surface area (Å²) in [5.74, 6) is 0. The lowest BCUT2D eigenvalue weighted by atomic mass is 10.0. The van der Waals surface area contributed by atoms with Crippen molar-refractivity contribution >= 4 is 22.9 Å². The van der Waals surface area contributed by atoms with E-state index in [0.29, 0.717) is 6.04 Å². The molecule has 0 amide bonds. The van der Waals surface area contributed by atoms with Gasteiger partial charge in [-0.15, -0.1) is 11.3 Å². The van der Waals surface area contributed by atoms with Gasteiger partial charge in [0, 0.05) is 41.0 Å². The normalized spacial score (nSPS) is 18.1. The van der Waals surface area contributed by atoms with Crippen molar-refractivity contribution in [1.29, 1.82) is 0 Å². The van der Waals surface area contributed by atoms with E-state index in [-0.39, 0.29) is 0 Å². The summed E-state index contributed by atoms with van der Waals surface area (Å²) in [7, 11) is 0. The van der Waals surface area contributed by atoms with E-state index in [1.165, 1.54) is 15.3 Å². The Morgan fingerprint density at radius 3 is 2.65 bits per heavy atom. The highest BCUT2D eigenvalue weighted by Crippen LogP contribution is 2.34. The van der Waals surface area contributed by atoms with Crippen LogP contribution in [0.15, 0.2) is 36.4 Å². The highest BCUT2D eigenvalue weighted by atomic mass is 35.5. The van der Waals surface area contributed by atoms with Crippen LogP contribution in [0.1, 0.15) is 21.4 Å². The van der Waals surface area contributed by atoms with Gasteiger partial charge in [0.15, 0.2) is 0 Å². The number of thiophene rings is 1. The first-order valence-electron chi connectivity index (χ1n) is 7.00. The number of nitrogens with zero attached hydrogens (tertiary/aromatic N) is 1. The Morgan fingerprint density at radius 2 is 2.00 bits per heavy atom. The Morgan fingerprint density at radius 1 is 1.20 bits per heavy atom. The summed E-state index contributed by atoms with van der Waals surface area (Å²) in [6, 6.07) is 13.1. The fourth-order valence-electron chi connectivity index (χ4n) is 2.77. The second kappa shape index (κ2) is 6.27. The van der Waals surface area contributed by atoms with Crippen LogP contribution in [0, 0.1) is 6.92 Å². The van der Waals surface area contributed by atoms with Crippen LogP contribution >= 0.6 is 22.9 Å². The van der Waals surface area contributed by atoms with Gasteiger partial charge in [0.25, 0.3) is 0 Å². The largest absolute Gasteiger partial charge is 0.314 e. The first-order chi connectivity index (χ1) is 9.74. The van der Waals surface area contributed by atoms with Gasteiger partial charge in [-0.3, -0.25) is 4.90 Å². The van der Waals surface area contributed by atoms with Crippen molar-refractivity contribution in [2.75, 3.05) is 26.2 Å². The molecule has 1 aliphatic heterocycles. The lowest BCUT2D eigenvalue weighted by Crippen LogP contribution is -2.45. The number of piperazine rings is 1. The fraction of sp³-hybridized carbons (Fsp3) is 0.375. The molecule has 20 heavy (non-hydrogen) atoms. The summed E-state index contributed by atoms with van der Waals surface area (Å²) in [4.78, 5) is 5.32. The van der Waals surface area contributed by atoms with Gasteiger partial charge < -0.3 is 5.32 Å². The molecular weight excluding hydrogens is 288 g/mol. The van der Waals surface area contributed by atoms with Crippen molar-refractivity contribution in [2.45, 2.75) is 13.0 Å². The van der Waals surface area contributed by atoms with E-state index in [2.05, 4.69) is 41.4 Å². The number of halogens is 1. The molecule has 0 radical (unpaired) electrons. The molecule has 2 heterocycles. The molecule has 1 atom stereocenters. The summed E-state index contributed by atoms with van der Waals surface area (Å²) in [5, 5.41) is 4.24. The standard InChI is InChI=1S/C16H19ClN2S/c1-12-5-6-15(20-12)16(19-9-7-18-8-10-19)13-3-2-4-14(17)11-13/h2-6,11,16,18H,7-10H2,1H3. The second-order valence-corrected chi connectivity index (χ2v) is 6.95. The first-order valence-corrected chi connectivity index (χ1v) is 8.20. The van der Waals surface area contributed by atoms with Crippen molar-refractivity contribution < 1.29 is 0 Å². The van der Waals surface area contributed by atoms with Crippen LogP contribution in [0.3, 0.4) is 0 Å². The minimum absolute atomic E-state index is 0.328. The summed E-state index contributed by atoms with van der Waals surface area (Å²) in [5.41, 5.74) is 1.29. The van der Waals surface area contributed by atoms with Gasteiger partial charge >= 0.3 is 0 Å². The molecule has 0 saturated carbocycles. The van der Waals surface area contributed by atoms with Crippen LogP contribution < -0.4 is 5.32 Å². The third kappa shape index (κ3) is 3.07. The molecule has 0 spiro atoms. The summed E-state index contributed by atoms with van der Waals surface area (Å²) in [6.45, 7) is 6.44. The predicted molar refractivity (Wildman–Crippen MR) is 86.8 cm³/mol. The van der Waals surface area contributed by atoms with E-state index in [1.54, 1.807) is 0 Å². The molecular formula is C16H19ClN2S. The second-order valence-electron chi connectivity index (χ2n) is 5.19. The van der Waals surface area contributed by atoms with Gasteiger partial charge in [-0.05, 0) is 36.8 Å². The Labute approximate surface area is 129 Å². The van der Waals surface area contributed by atoms with Crippen molar-refractivity contribution in [3.63, 3.8) is 0 Å². The average Bonchev–Trinajstić information content (AvgIpc) is 2.87. The highest BCUT2D eigenvalue weighted by molar-refractivity contribution is 7.12. The van der Waals surface area contributed by atoms with Gasteiger partial charge in [-0.1, -0.05) is 23.7 Å². The molecule has 0 bridgehead atoms. The maximum Gasteiger partial charge on any atom is 0.0697 e. The van der Waals surface area contributed by atoms with Crippen molar-refractivity contribution in [1.82, 2.24) is 10.2 Å². The van der Waals surface area contributed by atoms with Gasteiger partial charge in [-0.2, -0.15) is 0 Å². The molecule has 4 heteroatoms. The third-order valence-electron chi connectivity index (χ3n) is 3.71. The van der Waals surface area contributed by atoms with Crippen LogP contribution in [0.2, 0.25) is 5.02 Å². The summed E-state index contributed by atoms with van der Waals surface area (Å²) >= 11 is 8.08. The Balaban J connectivity index is 1.98. The minimum atomic E-state index is 0.328. The topological polar surface area (TPSA) is 15.3 Å². The van der Waals surface area contributed by atoms with E-state index in [1.807, 2.05) is 23.5 Å². The molecule has 1 N–H and O–H groups in total. The monoisotopic (exact) mass is 306 g/mol. The molecule has 1 saturated heterocycles. The third-order valence-corrected chi connectivity index (χ3v) is 5.00. The molecule has 106 valence electrons. The van der Waals surface area contributed by atoms with E-state index in [0.717, 1.165) is 31.2 Å². The van der Waals surface area contributed by atoms with Gasteiger partial charge in [0.1, 0.15) is 0 Å². The molecule has 1 aromatic carbocycles. The number of benzene rings is 1. The number of hydrogen-bond donors (Lipinski definition) is 1. The van der Waals surface area contributed by atoms with Crippen molar-refractivity contribution in [3.8, 4) is 0 Å². The lowest BCUT2D eigenvalue weighted by molar-refractivity contribution is 0.200. The van der Waals surface area contributed by atoms with Gasteiger partial charge in [0.05, 0.1) is 6.04 Å². The van der Waals surface area contributed by atoms with Crippen molar-refractivity contribution in [2.24, 2.45) is 0 Å². The highest BCUT2D eigenvalue weighted by Gasteiger charge is 2.25. The maximum absolute atomic E-state index is 6.19.